The van der Waals surface area contributed by atoms with E-state index in [9.17, 15) is 5.11 Å². The molecule has 2 rings (SSSR count). The fourth-order valence-corrected chi connectivity index (χ4v) is 1.73. The van der Waals surface area contributed by atoms with Crippen molar-refractivity contribution in [3.05, 3.63) is 52.5 Å². The van der Waals surface area contributed by atoms with Crippen molar-refractivity contribution < 1.29 is 9.84 Å². The van der Waals surface area contributed by atoms with Gasteiger partial charge in [0.2, 0.25) is 0 Å². The number of methoxy groups -OCH3 is 1. The van der Waals surface area contributed by atoms with E-state index in [1.165, 1.54) is 0 Å². The molecule has 19 heavy (non-hydrogen) atoms. The van der Waals surface area contributed by atoms with Gasteiger partial charge >= 0.3 is 0 Å². The maximum absolute atomic E-state index is 9.68. The summed E-state index contributed by atoms with van der Waals surface area (Å²) in [5.74, 6) is 0.824. The van der Waals surface area contributed by atoms with Gasteiger partial charge < -0.3 is 9.84 Å². The Bertz CT molecular complexity index is 582. The Morgan fingerprint density at radius 2 is 1.95 bits per heavy atom. The van der Waals surface area contributed by atoms with Gasteiger partial charge in [-0.05, 0) is 42.5 Å². The van der Waals surface area contributed by atoms with Crippen LogP contribution in [0.4, 0.5) is 5.69 Å². The lowest BCUT2D eigenvalue weighted by molar-refractivity contribution is 0.412. The molecular weight excluding hydrogens is 308 g/mol. The van der Waals surface area contributed by atoms with Gasteiger partial charge in [0.15, 0.2) is 0 Å². The molecule has 0 amide bonds. The van der Waals surface area contributed by atoms with Crippen molar-refractivity contribution in [2.24, 2.45) is 5.10 Å². The molecule has 5 heteroatoms. The summed E-state index contributed by atoms with van der Waals surface area (Å²) in [6.45, 7) is 0. The smallest absolute Gasteiger partial charge is 0.124 e. The molecule has 0 bridgehead atoms. The van der Waals surface area contributed by atoms with E-state index in [-0.39, 0.29) is 5.75 Å². The molecule has 0 atom stereocenters. The molecule has 0 aliphatic rings. The van der Waals surface area contributed by atoms with Crippen LogP contribution in [0, 0.1) is 0 Å². The third kappa shape index (κ3) is 3.72. The van der Waals surface area contributed by atoms with Gasteiger partial charge in [-0.3, -0.25) is 5.43 Å². The van der Waals surface area contributed by atoms with E-state index in [2.05, 4.69) is 26.5 Å². The summed E-state index contributed by atoms with van der Waals surface area (Å²) < 4.78 is 6.10. The maximum Gasteiger partial charge on any atom is 0.124 e. The van der Waals surface area contributed by atoms with Crippen LogP contribution in [0.15, 0.2) is 52.0 Å². The average molecular weight is 321 g/mol. The summed E-state index contributed by atoms with van der Waals surface area (Å²) in [7, 11) is 1.58. The number of benzene rings is 2. The Morgan fingerprint density at radius 3 is 2.63 bits per heavy atom. The topological polar surface area (TPSA) is 53.9 Å². The maximum atomic E-state index is 9.68. The van der Waals surface area contributed by atoms with Gasteiger partial charge in [-0.25, -0.2) is 0 Å². The van der Waals surface area contributed by atoms with Crippen molar-refractivity contribution in [1.29, 1.82) is 0 Å². The number of hydrogen-bond acceptors (Lipinski definition) is 4. The minimum Gasteiger partial charge on any atom is -0.507 e. The molecule has 0 saturated heterocycles. The van der Waals surface area contributed by atoms with Gasteiger partial charge in [-0.2, -0.15) is 5.10 Å². The average Bonchev–Trinajstić information content (AvgIpc) is 2.43. The number of phenolic OH excluding ortho intramolecular Hbond substituents is 1. The number of phenols is 1. The molecule has 0 radical (unpaired) electrons. The normalized spacial score (nSPS) is 10.6. The molecule has 0 aromatic heterocycles. The fraction of sp³-hybridized carbons (Fsp3) is 0.0714. The van der Waals surface area contributed by atoms with Crippen molar-refractivity contribution in [2.45, 2.75) is 0 Å². The zero-order valence-electron chi connectivity index (χ0n) is 10.3. The lowest BCUT2D eigenvalue weighted by Crippen LogP contribution is -1.92. The lowest BCUT2D eigenvalue weighted by Gasteiger charge is -2.03. The van der Waals surface area contributed by atoms with E-state index in [4.69, 9.17) is 4.74 Å². The highest BCUT2D eigenvalue weighted by atomic mass is 79.9. The van der Waals surface area contributed by atoms with Gasteiger partial charge in [0.05, 0.1) is 19.0 Å². The van der Waals surface area contributed by atoms with E-state index in [0.717, 1.165) is 10.2 Å². The van der Waals surface area contributed by atoms with Crippen LogP contribution in [0.1, 0.15) is 5.56 Å². The summed E-state index contributed by atoms with van der Waals surface area (Å²) >= 11 is 3.36. The van der Waals surface area contributed by atoms with E-state index in [0.29, 0.717) is 11.3 Å². The summed E-state index contributed by atoms with van der Waals surface area (Å²) in [6.07, 6.45) is 1.54. The predicted octanol–water partition coefficient (Wildman–Crippen LogP) is 3.61. The first-order valence-corrected chi connectivity index (χ1v) is 6.40. The lowest BCUT2D eigenvalue weighted by atomic mass is 10.2. The van der Waals surface area contributed by atoms with Crippen LogP contribution in [-0.2, 0) is 0 Å². The number of nitrogens with one attached hydrogen (secondary N) is 1. The van der Waals surface area contributed by atoms with Crippen molar-refractivity contribution in [2.75, 3.05) is 12.5 Å². The molecule has 98 valence electrons. The number of rotatable bonds is 4. The SMILES string of the molecule is COc1ccc(O)c(C=NNc2ccc(Br)cc2)c1. The second-order valence-corrected chi connectivity index (χ2v) is 4.72. The Kier molecular flexibility index (Phi) is 4.41. The van der Waals surface area contributed by atoms with E-state index in [1.807, 2.05) is 24.3 Å². The zero-order valence-corrected chi connectivity index (χ0v) is 11.9. The fourth-order valence-electron chi connectivity index (χ4n) is 1.46. The molecule has 2 aromatic rings. The van der Waals surface area contributed by atoms with Gasteiger partial charge in [0.25, 0.3) is 0 Å². The van der Waals surface area contributed by atoms with Gasteiger partial charge in [-0.1, -0.05) is 15.9 Å². The van der Waals surface area contributed by atoms with E-state index >= 15 is 0 Å². The van der Waals surface area contributed by atoms with Gasteiger partial charge in [0, 0.05) is 10.0 Å². The highest BCUT2D eigenvalue weighted by Crippen LogP contribution is 2.21. The molecule has 0 aliphatic heterocycles. The van der Waals surface area contributed by atoms with Crippen molar-refractivity contribution >= 4 is 27.8 Å². The third-order valence-corrected chi connectivity index (χ3v) is 3.00. The monoisotopic (exact) mass is 320 g/mol. The number of anilines is 1. The molecule has 0 unspecified atom stereocenters. The number of hydrazone groups is 1. The van der Waals surface area contributed by atoms with Crippen LogP contribution in [0.2, 0.25) is 0 Å². The summed E-state index contributed by atoms with van der Waals surface area (Å²) in [5.41, 5.74) is 4.33. The Hall–Kier alpha value is -2.01. The highest BCUT2D eigenvalue weighted by molar-refractivity contribution is 9.10. The van der Waals surface area contributed by atoms with Crippen LogP contribution in [0.5, 0.6) is 11.5 Å². The molecule has 2 N–H and O–H groups in total. The first-order chi connectivity index (χ1) is 9.19. The van der Waals surface area contributed by atoms with Crippen molar-refractivity contribution in [1.82, 2.24) is 0 Å². The van der Waals surface area contributed by atoms with Crippen molar-refractivity contribution in [3.8, 4) is 11.5 Å². The summed E-state index contributed by atoms with van der Waals surface area (Å²) in [4.78, 5) is 0. The Morgan fingerprint density at radius 1 is 1.21 bits per heavy atom. The molecule has 0 saturated carbocycles. The minimum atomic E-state index is 0.155. The number of aromatic hydroxyl groups is 1. The molecular formula is C14H13BrN2O2. The van der Waals surface area contributed by atoms with Crippen LogP contribution >= 0.6 is 15.9 Å². The van der Waals surface area contributed by atoms with Crippen LogP contribution in [0.3, 0.4) is 0 Å². The Balaban J connectivity index is 2.08. The van der Waals surface area contributed by atoms with Gasteiger partial charge in [-0.15, -0.1) is 0 Å². The number of halogens is 1. The van der Waals surface area contributed by atoms with Crippen LogP contribution in [0.25, 0.3) is 0 Å². The second kappa shape index (κ2) is 6.24. The quantitative estimate of drug-likeness (QED) is 0.668. The number of hydrogen-bond donors (Lipinski definition) is 2. The highest BCUT2D eigenvalue weighted by Gasteiger charge is 2.00. The Labute approximate surface area is 119 Å². The first kappa shape index (κ1) is 13.4. The predicted molar refractivity (Wildman–Crippen MR) is 80.0 cm³/mol. The van der Waals surface area contributed by atoms with Crippen LogP contribution < -0.4 is 10.2 Å². The zero-order chi connectivity index (χ0) is 13.7. The minimum absolute atomic E-state index is 0.155. The number of nitrogens with zero attached hydrogens (tertiary/aromatic N) is 1. The largest absolute Gasteiger partial charge is 0.507 e. The molecule has 2 aromatic carbocycles. The first-order valence-electron chi connectivity index (χ1n) is 5.60. The summed E-state index contributed by atoms with van der Waals surface area (Å²) in [5, 5.41) is 13.8. The molecule has 0 heterocycles. The van der Waals surface area contributed by atoms with Crippen LogP contribution in [-0.4, -0.2) is 18.4 Å². The molecule has 0 fully saturated rings. The van der Waals surface area contributed by atoms with Gasteiger partial charge in [0.1, 0.15) is 11.5 Å². The third-order valence-electron chi connectivity index (χ3n) is 2.48. The van der Waals surface area contributed by atoms with E-state index < -0.39 is 0 Å². The second-order valence-electron chi connectivity index (χ2n) is 3.80. The molecule has 0 spiro atoms. The number of ether oxygens (including phenoxy) is 1. The molecule has 0 aliphatic carbocycles. The van der Waals surface area contributed by atoms with Crippen molar-refractivity contribution in [3.63, 3.8) is 0 Å². The molecule has 4 nitrogen and oxygen atoms in total. The standard InChI is InChI=1S/C14H13BrN2O2/c1-19-13-6-7-14(18)10(8-13)9-16-17-12-4-2-11(15)3-5-12/h2-9,17-18H,1H3. The summed E-state index contributed by atoms with van der Waals surface area (Å²) in [6, 6.07) is 12.6. The van der Waals surface area contributed by atoms with E-state index in [1.54, 1.807) is 31.5 Å².